The summed E-state index contributed by atoms with van der Waals surface area (Å²) in [6.45, 7) is 5.10. The first-order chi connectivity index (χ1) is 13.0. The van der Waals surface area contributed by atoms with Gasteiger partial charge in [-0.05, 0) is 24.5 Å². The van der Waals surface area contributed by atoms with Crippen LogP contribution in [0.25, 0.3) is 0 Å². The van der Waals surface area contributed by atoms with Crippen LogP contribution in [-0.2, 0) is 16.8 Å². The summed E-state index contributed by atoms with van der Waals surface area (Å²) in [6, 6.07) is 7.49. The molecule has 1 unspecified atom stereocenters. The van der Waals surface area contributed by atoms with E-state index < -0.39 is 5.41 Å². The maximum Gasteiger partial charge on any atom is 0.317 e. The van der Waals surface area contributed by atoms with Crippen molar-refractivity contribution in [3.63, 3.8) is 0 Å². The molecule has 1 aromatic heterocycles. The van der Waals surface area contributed by atoms with Gasteiger partial charge in [0.2, 0.25) is 11.8 Å². The van der Waals surface area contributed by atoms with Crippen molar-refractivity contribution in [1.82, 2.24) is 20.4 Å². The summed E-state index contributed by atoms with van der Waals surface area (Å²) in [7, 11) is 0. The Labute approximate surface area is 157 Å². The van der Waals surface area contributed by atoms with E-state index in [0.29, 0.717) is 24.8 Å². The second kappa shape index (κ2) is 6.68. The SMILES string of the molecule is CC(C)c1noc(CNC(=O)N2CCCC3(C2)C(=O)Nc2ccccc23)n1. The van der Waals surface area contributed by atoms with Gasteiger partial charge in [0.25, 0.3) is 0 Å². The number of para-hydroxylation sites is 1. The van der Waals surface area contributed by atoms with Crippen LogP contribution in [0.4, 0.5) is 10.5 Å². The lowest BCUT2D eigenvalue weighted by Gasteiger charge is -2.38. The molecule has 0 radical (unpaired) electrons. The van der Waals surface area contributed by atoms with Crippen molar-refractivity contribution >= 4 is 17.6 Å². The predicted octanol–water partition coefficient (Wildman–Crippen LogP) is 2.39. The fourth-order valence-electron chi connectivity index (χ4n) is 3.85. The molecule has 1 fully saturated rings. The molecule has 0 bridgehead atoms. The molecule has 0 saturated carbocycles. The minimum Gasteiger partial charge on any atom is -0.337 e. The normalized spacial score (nSPS) is 21.4. The number of carbonyl (C=O) groups is 2. The number of carbonyl (C=O) groups excluding carboxylic acids is 2. The Balaban J connectivity index is 1.45. The van der Waals surface area contributed by atoms with Gasteiger partial charge in [0.05, 0.1) is 12.0 Å². The zero-order valence-corrected chi connectivity index (χ0v) is 15.5. The van der Waals surface area contributed by atoms with Gasteiger partial charge >= 0.3 is 6.03 Å². The zero-order chi connectivity index (χ0) is 19.0. The Kier molecular flexibility index (Phi) is 4.33. The number of rotatable bonds is 3. The van der Waals surface area contributed by atoms with Crippen molar-refractivity contribution in [2.24, 2.45) is 0 Å². The van der Waals surface area contributed by atoms with Crippen molar-refractivity contribution in [2.45, 2.75) is 44.6 Å². The van der Waals surface area contributed by atoms with Gasteiger partial charge in [-0.2, -0.15) is 4.98 Å². The van der Waals surface area contributed by atoms with Crippen LogP contribution in [0.5, 0.6) is 0 Å². The second-order valence-electron chi connectivity index (χ2n) is 7.47. The van der Waals surface area contributed by atoms with Gasteiger partial charge < -0.3 is 20.1 Å². The highest BCUT2D eigenvalue weighted by Gasteiger charge is 2.49. The van der Waals surface area contributed by atoms with Crippen molar-refractivity contribution in [2.75, 3.05) is 18.4 Å². The zero-order valence-electron chi connectivity index (χ0n) is 15.5. The van der Waals surface area contributed by atoms with E-state index in [9.17, 15) is 9.59 Å². The minimum atomic E-state index is -0.665. The highest BCUT2D eigenvalue weighted by molar-refractivity contribution is 6.06. The minimum absolute atomic E-state index is 0.0281. The third kappa shape index (κ3) is 3.05. The number of hydrogen-bond donors (Lipinski definition) is 2. The predicted molar refractivity (Wildman–Crippen MR) is 98.2 cm³/mol. The molecule has 2 aliphatic heterocycles. The lowest BCUT2D eigenvalue weighted by atomic mass is 9.75. The van der Waals surface area contributed by atoms with Crippen LogP contribution in [0.2, 0.25) is 0 Å². The average molecular weight is 369 g/mol. The quantitative estimate of drug-likeness (QED) is 0.865. The van der Waals surface area contributed by atoms with Crippen LogP contribution in [-0.4, -0.2) is 40.1 Å². The van der Waals surface area contributed by atoms with Gasteiger partial charge in [-0.15, -0.1) is 0 Å². The molecule has 0 aliphatic carbocycles. The van der Waals surface area contributed by atoms with Gasteiger partial charge in [-0.1, -0.05) is 37.2 Å². The van der Waals surface area contributed by atoms with Gasteiger partial charge in [0.15, 0.2) is 5.82 Å². The fraction of sp³-hybridized carbons (Fsp3) is 0.474. The number of aromatic nitrogens is 2. The third-order valence-electron chi connectivity index (χ3n) is 5.30. The summed E-state index contributed by atoms with van der Waals surface area (Å²) in [6.07, 6.45) is 1.51. The number of likely N-dealkylation sites (tertiary alicyclic amines) is 1. The Hall–Kier alpha value is -2.90. The number of urea groups is 1. The van der Waals surface area contributed by atoms with Crippen molar-refractivity contribution in [3.8, 4) is 0 Å². The van der Waals surface area contributed by atoms with Crippen LogP contribution in [0.15, 0.2) is 28.8 Å². The molecule has 1 atom stereocenters. The van der Waals surface area contributed by atoms with Crippen molar-refractivity contribution in [1.29, 1.82) is 0 Å². The van der Waals surface area contributed by atoms with Crippen molar-refractivity contribution in [3.05, 3.63) is 41.5 Å². The molecular formula is C19H23N5O3. The van der Waals surface area contributed by atoms with E-state index in [4.69, 9.17) is 4.52 Å². The van der Waals surface area contributed by atoms with Crippen LogP contribution >= 0.6 is 0 Å². The molecule has 2 N–H and O–H groups in total. The summed E-state index contributed by atoms with van der Waals surface area (Å²) in [5, 5.41) is 9.68. The van der Waals surface area contributed by atoms with E-state index in [1.165, 1.54) is 0 Å². The maximum atomic E-state index is 12.7. The van der Waals surface area contributed by atoms with Gasteiger partial charge in [0.1, 0.15) is 0 Å². The van der Waals surface area contributed by atoms with Crippen LogP contribution in [0.1, 0.15) is 49.9 Å². The van der Waals surface area contributed by atoms with E-state index in [1.54, 1.807) is 4.90 Å². The molecule has 1 aromatic carbocycles. The molecule has 3 heterocycles. The molecule has 27 heavy (non-hydrogen) atoms. The van der Waals surface area contributed by atoms with E-state index in [2.05, 4.69) is 20.8 Å². The van der Waals surface area contributed by atoms with Crippen LogP contribution in [0, 0.1) is 0 Å². The Bertz CT molecular complexity index is 878. The maximum absolute atomic E-state index is 12.7. The second-order valence-corrected chi connectivity index (χ2v) is 7.47. The number of nitrogens with zero attached hydrogens (tertiary/aromatic N) is 3. The standard InChI is InChI=1S/C19H23N5O3/c1-12(2)16-22-15(27-23-16)10-20-18(26)24-9-5-8-19(11-24)13-6-3-4-7-14(13)21-17(19)25/h3-4,6-7,12H,5,8-11H2,1-2H3,(H,20,26)(H,21,25). The lowest BCUT2D eigenvalue weighted by molar-refractivity contribution is -0.122. The first-order valence-corrected chi connectivity index (χ1v) is 9.26. The first-order valence-electron chi connectivity index (χ1n) is 9.26. The molecule has 4 rings (SSSR count). The molecule has 8 nitrogen and oxygen atoms in total. The molecule has 3 amide bonds. The lowest BCUT2D eigenvalue weighted by Crippen LogP contribution is -2.54. The molecule has 142 valence electrons. The number of nitrogens with one attached hydrogen (secondary N) is 2. The number of fused-ring (bicyclic) bond motifs is 2. The highest BCUT2D eigenvalue weighted by Crippen LogP contribution is 2.43. The smallest absolute Gasteiger partial charge is 0.317 e. The molecule has 1 spiro atoms. The van der Waals surface area contributed by atoms with E-state index >= 15 is 0 Å². The highest BCUT2D eigenvalue weighted by atomic mass is 16.5. The van der Waals surface area contributed by atoms with Gasteiger partial charge in [-0.3, -0.25) is 4.79 Å². The number of piperidine rings is 1. The molecule has 2 aromatic rings. The van der Waals surface area contributed by atoms with E-state index in [-0.39, 0.29) is 24.4 Å². The molecule has 8 heteroatoms. The average Bonchev–Trinajstić information content (AvgIpc) is 3.24. The van der Waals surface area contributed by atoms with E-state index in [0.717, 1.165) is 24.1 Å². The Morgan fingerprint density at radius 3 is 3.00 bits per heavy atom. The number of amides is 3. The fourth-order valence-corrected chi connectivity index (χ4v) is 3.85. The monoisotopic (exact) mass is 369 g/mol. The summed E-state index contributed by atoms with van der Waals surface area (Å²) < 4.78 is 5.16. The third-order valence-corrected chi connectivity index (χ3v) is 5.30. The van der Waals surface area contributed by atoms with Gasteiger partial charge in [-0.25, -0.2) is 4.79 Å². The molecule has 2 aliphatic rings. The van der Waals surface area contributed by atoms with Crippen LogP contribution < -0.4 is 10.6 Å². The number of anilines is 1. The summed E-state index contributed by atoms with van der Waals surface area (Å²) in [4.78, 5) is 31.3. The van der Waals surface area contributed by atoms with Crippen molar-refractivity contribution < 1.29 is 14.1 Å². The topological polar surface area (TPSA) is 100 Å². The summed E-state index contributed by atoms with van der Waals surface area (Å²) in [5.41, 5.74) is 1.16. The number of hydrogen-bond acceptors (Lipinski definition) is 5. The van der Waals surface area contributed by atoms with Gasteiger partial charge in [0, 0.05) is 24.7 Å². The Morgan fingerprint density at radius 2 is 2.22 bits per heavy atom. The molecular weight excluding hydrogens is 346 g/mol. The van der Waals surface area contributed by atoms with E-state index in [1.807, 2.05) is 38.1 Å². The first kappa shape index (κ1) is 17.5. The van der Waals surface area contributed by atoms with Crippen LogP contribution in [0.3, 0.4) is 0 Å². The summed E-state index contributed by atoms with van der Waals surface area (Å²) >= 11 is 0. The summed E-state index contributed by atoms with van der Waals surface area (Å²) in [5.74, 6) is 1.14. The largest absolute Gasteiger partial charge is 0.337 e. The molecule has 1 saturated heterocycles. The number of benzene rings is 1. The Morgan fingerprint density at radius 1 is 1.41 bits per heavy atom.